The van der Waals surface area contributed by atoms with Gasteiger partial charge in [0.05, 0.1) is 15.9 Å². The molecule has 3 aromatic carbocycles. The molecule has 1 fully saturated rings. The van der Waals surface area contributed by atoms with Gasteiger partial charge in [0.15, 0.2) is 0 Å². The first kappa shape index (κ1) is 31.6. The van der Waals surface area contributed by atoms with Gasteiger partial charge >= 0.3 is 12.1 Å². The monoisotopic (exact) mass is 622 g/mol. The number of nitrogens with zero attached hydrogens (tertiary/aromatic N) is 3. The van der Waals surface area contributed by atoms with E-state index in [0.717, 1.165) is 25.9 Å². The number of aromatic hydroxyl groups is 1. The summed E-state index contributed by atoms with van der Waals surface area (Å²) < 4.78 is 57.2. The lowest BCUT2D eigenvalue weighted by Crippen LogP contribution is -2.35. The van der Waals surface area contributed by atoms with Gasteiger partial charge in [-0.05, 0) is 55.8 Å². The molecule has 0 radical (unpaired) electrons. The number of likely N-dealkylation sites (tertiary alicyclic amines) is 1. The second kappa shape index (κ2) is 13.7. The van der Waals surface area contributed by atoms with Crippen LogP contribution in [0.1, 0.15) is 18.4 Å². The highest BCUT2D eigenvalue weighted by atomic mass is 35.5. The number of carbonyl (C=O) groups is 1. The number of ether oxygens (including phenoxy) is 2. The zero-order valence-electron chi connectivity index (χ0n) is 22.7. The topological polar surface area (TPSA) is 117 Å². The molecule has 9 nitrogen and oxygen atoms in total. The zero-order valence-corrected chi connectivity index (χ0v) is 23.5. The van der Waals surface area contributed by atoms with Crippen molar-refractivity contribution in [2.75, 3.05) is 25.5 Å². The Labute approximate surface area is 248 Å². The molecule has 14 heteroatoms. The Kier molecular flexibility index (Phi) is 10.1. The number of nitrogens with one attached hydrogen (secondary N) is 1. The van der Waals surface area contributed by atoms with Crippen LogP contribution in [0.3, 0.4) is 0 Å². The molecule has 3 N–H and O–H groups in total. The van der Waals surface area contributed by atoms with Crippen molar-refractivity contribution in [3.63, 3.8) is 0 Å². The van der Waals surface area contributed by atoms with Crippen molar-refractivity contribution < 1.29 is 42.0 Å². The molecule has 2 heterocycles. The quantitative estimate of drug-likeness (QED) is 0.197. The molecule has 4 aromatic rings. The Bertz CT molecular complexity index is 1580. The molecule has 0 spiro atoms. The number of carboxylic acids is 1. The molecule has 0 saturated carbocycles. The second-order valence-corrected chi connectivity index (χ2v) is 10.1. The SMILES string of the molecule is CN1CCC(Oc2cc(O)cc3ncnc(Nc4ccc(OCc5cccc(F)c5)c(Cl)c4)c23)CC1.O=C(O)C(F)(F)F. The lowest BCUT2D eigenvalue weighted by Gasteiger charge is -2.29. The van der Waals surface area contributed by atoms with Crippen molar-refractivity contribution in [2.45, 2.75) is 31.7 Å². The fraction of sp³-hybridized carbons (Fsp3) is 0.276. The normalized spacial score (nSPS) is 14.1. The summed E-state index contributed by atoms with van der Waals surface area (Å²) in [4.78, 5) is 19.9. The van der Waals surface area contributed by atoms with Crippen LogP contribution >= 0.6 is 11.6 Å². The van der Waals surface area contributed by atoms with Gasteiger partial charge in [0.25, 0.3) is 0 Å². The third-order valence-corrected chi connectivity index (χ3v) is 6.66. The minimum Gasteiger partial charge on any atom is -0.508 e. The number of piperidine rings is 1. The van der Waals surface area contributed by atoms with Gasteiger partial charge in [-0.3, -0.25) is 0 Å². The van der Waals surface area contributed by atoms with Gasteiger partial charge in [-0.15, -0.1) is 0 Å². The van der Waals surface area contributed by atoms with Crippen molar-refractivity contribution in [3.05, 3.63) is 77.3 Å². The Hall–Kier alpha value is -4.36. The van der Waals surface area contributed by atoms with Crippen LogP contribution in [0.4, 0.5) is 29.1 Å². The average molecular weight is 623 g/mol. The van der Waals surface area contributed by atoms with E-state index in [1.165, 1.54) is 18.5 Å². The van der Waals surface area contributed by atoms with Crippen LogP contribution in [0.2, 0.25) is 5.02 Å². The molecule has 228 valence electrons. The number of hydrogen-bond donors (Lipinski definition) is 3. The maximum absolute atomic E-state index is 13.4. The van der Waals surface area contributed by atoms with E-state index in [9.17, 15) is 22.7 Å². The number of rotatable bonds is 7. The Morgan fingerprint density at radius 1 is 1.09 bits per heavy atom. The summed E-state index contributed by atoms with van der Waals surface area (Å²) >= 11 is 6.47. The molecule has 0 aliphatic carbocycles. The van der Waals surface area contributed by atoms with Gasteiger partial charge in [0.1, 0.15) is 47.9 Å². The van der Waals surface area contributed by atoms with Crippen molar-refractivity contribution in [1.82, 2.24) is 14.9 Å². The van der Waals surface area contributed by atoms with Crippen LogP contribution in [0.25, 0.3) is 10.9 Å². The highest BCUT2D eigenvalue weighted by Crippen LogP contribution is 2.37. The highest BCUT2D eigenvalue weighted by molar-refractivity contribution is 6.32. The van der Waals surface area contributed by atoms with E-state index in [4.69, 9.17) is 31.0 Å². The van der Waals surface area contributed by atoms with E-state index in [-0.39, 0.29) is 24.3 Å². The van der Waals surface area contributed by atoms with E-state index in [0.29, 0.717) is 44.5 Å². The van der Waals surface area contributed by atoms with Crippen LogP contribution in [0.5, 0.6) is 17.2 Å². The number of hydrogen-bond acceptors (Lipinski definition) is 8. The van der Waals surface area contributed by atoms with Crippen molar-refractivity contribution in [2.24, 2.45) is 0 Å². The van der Waals surface area contributed by atoms with Gasteiger partial charge in [-0.2, -0.15) is 13.2 Å². The molecule has 5 rings (SSSR count). The number of benzene rings is 3. The van der Waals surface area contributed by atoms with Gasteiger partial charge in [-0.1, -0.05) is 23.7 Å². The Morgan fingerprint density at radius 3 is 2.47 bits per heavy atom. The van der Waals surface area contributed by atoms with E-state index in [2.05, 4.69) is 27.2 Å². The number of aliphatic carboxylic acids is 1. The van der Waals surface area contributed by atoms with Crippen LogP contribution in [-0.4, -0.2) is 63.5 Å². The van der Waals surface area contributed by atoms with Crippen molar-refractivity contribution in [1.29, 1.82) is 0 Å². The van der Waals surface area contributed by atoms with Crippen LogP contribution in [0, 0.1) is 5.82 Å². The molecular formula is C29H27ClF4N4O5. The number of phenolic OH excluding ortho intramolecular Hbond substituents is 1. The van der Waals surface area contributed by atoms with Crippen LogP contribution < -0.4 is 14.8 Å². The molecule has 0 bridgehead atoms. The molecule has 0 amide bonds. The van der Waals surface area contributed by atoms with Crippen molar-refractivity contribution >= 4 is 40.0 Å². The maximum atomic E-state index is 13.4. The number of carboxylic acid groups (broad SMARTS) is 1. The minimum absolute atomic E-state index is 0.0447. The molecular weight excluding hydrogens is 596 g/mol. The highest BCUT2D eigenvalue weighted by Gasteiger charge is 2.38. The summed E-state index contributed by atoms with van der Waals surface area (Å²) in [5, 5.41) is 21.7. The van der Waals surface area contributed by atoms with Crippen LogP contribution in [0.15, 0.2) is 60.9 Å². The van der Waals surface area contributed by atoms with Crippen molar-refractivity contribution in [3.8, 4) is 17.2 Å². The lowest BCUT2D eigenvalue weighted by molar-refractivity contribution is -0.192. The standard InChI is InChI=1S/C27H26ClFN4O3.C2HF3O2/c1-33-9-7-21(8-10-33)36-25-14-20(34)13-23-26(25)27(31-16-30-23)32-19-5-6-24(22(28)12-19)35-15-17-3-2-4-18(29)11-17;3-2(4,5)1(6)7/h2-6,11-14,16,21,34H,7-10,15H2,1H3,(H,30,31,32);(H,6,7). The first-order chi connectivity index (χ1) is 20.4. The molecule has 1 aliphatic heterocycles. The maximum Gasteiger partial charge on any atom is 0.490 e. The number of halogens is 5. The van der Waals surface area contributed by atoms with Gasteiger partial charge < -0.3 is 29.9 Å². The number of alkyl halides is 3. The second-order valence-electron chi connectivity index (χ2n) is 9.67. The molecule has 1 saturated heterocycles. The number of anilines is 2. The molecule has 1 aliphatic rings. The molecule has 0 unspecified atom stereocenters. The number of aromatic nitrogens is 2. The summed E-state index contributed by atoms with van der Waals surface area (Å²) in [6.45, 7) is 2.10. The summed E-state index contributed by atoms with van der Waals surface area (Å²) in [5.74, 6) is -1.44. The predicted molar refractivity (Wildman–Crippen MR) is 152 cm³/mol. The first-order valence-corrected chi connectivity index (χ1v) is 13.3. The first-order valence-electron chi connectivity index (χ1n) is 13.0. The Morgan fingerprint density at radius 2 is 1.81 bits per heavy atom. The van der Waals surface area contributed by atoms with Crippen LogP contribution in [-0.2, 0) is 11.4 Å². The average Bonchev–Trinajstić information content (AvgIpc) is 2.93. The van der Waals surface area contributed by atoms with Gasteiger partial charge in [-0.25, -0.2) is 19.2 Å². The third kappa shape index (κ3) is 8.82. The molecule has 43 heavy (non-hydrogen) atoms. The fourth-order valence-corrected chi connectivity index (χ4v) is 4.47. The smallest absolute Gasteiger partial charge is 0.490 e. The van der Waals surface area contributed by atoms with E-state index >= 15 is 0 Å². The van der Waals surface area contributed by atoms with E-state index in [1.54, 1.807) is 36.4 Å². The van der Waals surface area contributed by atoms with E-state index < -0.39 is 12.1 Å². The number of fused-ring (bicyclic) bond motifs is 1. The largest absolute Gasteiger partial charge is 0.508 e. The predicted octanol–water partition coefficient (Wildman–Crippen LogP) is 6.56. The Balaban J connectivity index is 0.000000541. The summed E-state index contributed by atoms with van der Waals surface area (Å²) in [5.41, 5.74) is 1.97. The van der Waals surface area contributed by atoms with Gasteiger partial charge in [0, 0.05) is 30.9 Å². The summed E-state index contributed by atoms with van der Waals surface area (Å²) in [6.07, 6.45) is -1.81. The lowest BCUT2D eigenvalue weighted by atomic mass is 10.1. The van der Waals surface area contributed by atoms with Gasteiger partial charge in [0.2, 0.25) is 0 Å². The minimum atomic E-state index is -5.08. The molecule has 0 atom stereocenters. The summed E-state index contributed by atoms with van der Waals surface area (Å²) in [6, 6.07) is 14.7. The third-order valence-electron chi connectivity index (χ3n) is 6.37. The molecule has 1 aromatic heterocycles. The number of phenols is 1. The zero-order chi connectivity index (χ0) is 31.1. The fourth-order valence-electron chi connectivity index (χ4n) is 4.23. The van der Waals surface area contributed by atoms with E-state index in [1.807, 2.05) is 6.07 Å². The summed E-state index contributed by atoms with van der Waals surface area (Å²) in [7, 11) is 2.10.